The van der Waals surface area contributed by atoms with Gasteiger partial charge in [0.15, 0.2) is 5.69 Å². The Morgan fingerprint density at radius 2 is 1.63 bits per heavy atom. The second kappa shape index (κ2) is 8.53. The average Bonchev–Trinajstić information content (AvgIpc) is 2.74. The molecule has 0 spiro atoms. The van der Waals surface area contributed by atoms with Crippen molar-refractivity contribution in [3.8, 4) is 0 Å². The number of aryl methyl sites for hydroxylation is 1. The molecule has 6 nitrogen and oxygen atoms in total. The molecule has 0 aliphatic heterocycles. The van der Waals surface area contributed by atoms with E-state index in [0.29, 0.717) is 28.9 Å². The summed E-state index contributed by atoms with van der Waals surface area (Å²) in [6, 6.07) is 23.9. The zero-order chi connectivity index (χ0) is 20.9. The minimum absolute atomic E-state index is 0.0646. The molecule has 0 saturated heterocycles. The second-order valence-corrected chi connectivity index (χ2v) is 6.92. The van der Waals surface area contributed by atoms with Gasteiger partial charge in [0.1, 0.15) is 5.58 Å². The van der Waals surface area contributed by atoms with Crippen molar-refractivity contribution in [3.05, 3.63) is 100 Å². The lowest BCUT2D eigenvalue weighted by atomic mass is 10.1. The molecule has 2 amide bonds. The first-order chi connectivity index (χ1) is 14.6. The maximum Gasteiger partial charge on any atom is 0.362 e. The Kier molecular flexibility index (Phi) is 5.48. The molecule has 4 rings (SSSR count). The second-order valence-electron chi connectivity index (χ2n) is 6.92. The number of urea groups is 1. The first kappa shape index (κ1) is 19.3. The minimum atomic E-state index is -0.622. The fourth-order valence-electron chi connectivity index (χ4n) is 3.23. The molecule has 0 aliphatic rings. The summed E-state index contributed by atoms with van der Waals surface area (Å²) in [6.45, 7) is 2.43. The predicted molar refractivity (Wildman–Crippen MR) is 120 cm³/mol. The van der Waals surface area contributed by atoms with E-state index in [2.05, 4.69) is 16.0 Å². The van der Waals surface area contributed by atoms with Crippen LogP contribution in [0.4, 0.5) is 21.9 Å². The summed E-state index contributed by atoms with van der Waals surface area (Å²) in [5, 5.41) is 9.40. The molecule has 1 aromatic heterocycles. The zero-order valence-corrected chi connectivity index (χ0v) is 16.4. The van der Waals surface area contributed by atoms with Crippen LogP contribution in [-0.4, -0.2) is 6.03 Å². The largest absolute Gasteiger partial charge is 0.421 e. The number of anilines is 3. The van der Waals surface area contributed by atoms with Gasteiger partial charge in [-0.2, -0.15) is 0 Å². The fraction of sp³-hybridized carbons (Fsp3) is 0.0833. The molecule has 150 valence electrons. The molecule has 1 heterocycles. The van der Waals surface area contributed by atoms with Gasteiger partial charge in [-0.05, 0) is 42.3 Å². The standard InChI is InChI=1S/C24H21N3O3/c1-16-8-7-11-18(14-16)26-24(29)27-22-21(25-15-17-9-3-2-4-10-17)19-12-5-6-13-20(19)30-23(22)28/h2-14,25H,15H2,1H3,(H2,26,27,29). The molecule has 0 bridgehead atoms. The summed E-state index contributed by atoms with van der Waals surface area (Å²) in [5.41, 5.74) is 3.11. The van der Waals surface area contributed by atoms with Crippen molar-refractivity contribution < 1.29 is 9.21 Å². The van der Waals surface area contributed by atoms with E-state index in [9.17, 15) is 9.59 Å². The van der Waals surface area contributed by atoms with E-state index in [4.69, 9.17) is 4.42 Å². The highest BCUT2D eigenvalue weighted by Crippen LogP contribution is 2.29. The number of amides is 2. The van der Waals surface area contributed by atoms with Crippen LogP contribution in [0.2, 0.25) is 0 Å². The smallest absolute Gasteiger partial charge is 0.362 e. The number of rotatable bonds is 5. The monoisotopic (exact) mass is 399 g/mol. The topological polar surface area (TPSA) is 83.4 Å². The number of hydrogen-bond donors (Lipinski definition) is 3. The van der Waals surface area contributed by atoms with E-state index in [1.807, 2.05) is 67.6 Å². The highest BCUT2D eigenvalue weighted by molar-refractivity contribution is 6.05. The molecule has 0 unspecified atom stereocenters. The first-order valence-corrected chi connectivity index (χ1v) is 9.58. The van der Waals surface area contributed by atoms with Crippen LogP contribution in [0, 0.1) is 6.92 Å². The van der Waals surface area contributed by atoms with Gasteiger partial charge in [-0.3, -0.25) is 5.32 Å². The van der Waals surface area contributed by atoms with Gasteiger partial charge in [-0.1, -0.05) is 54.6 Å². The Bertz CT molecular complexity index is 1250. The summed E-state index contributed by atoms with van der Waals surface area (Å²) in [6.07, 6.45) is 0. The van der Waals surface area contributed by atoms with Crippen LogP contribution >= 0.6 is 0 Å². The Labute approximate surface area is 173 Å². The molecular weight excluding hydrogens is 378 g/mol. The molecule has 30 heavy (non-hydrogen) atoms. The number of hydrogen-bond acceptors (Lipinski definition) is 4. The van der Waals surface area contributed by atoms with Crippen LogP contribution in [0.25, 0.3) is 11.0 Å². The van der Waals surface area contributed by atoms with E-state index >= 15 is 0 Å². The van der Waals surface area contributed by atoms with Crippen molar-refractivity contribution in [2.24, 2.45) is 0 Å². The Balaban J connectivity index is 1.66. The molecule has 6 heteroatoms. The average molecular weight is 399 g/mol. The molecule has 0 atom stereocenters. The highest BCUT2D eigenvalue weighted by atomic mass is 16.4. The highest BCUT2D eigenvalue weighted by Gasteiger charge is 2.17. The van der Waals surface area contributed by atoms with Gasteiger partial charge < -0.3 is 15.1 Å². The van der Waals surface area contributed by atoms with Crippen LogP contribution in [-0.2, 0) is 6.54 Å². The van der Waals surface area contributed by atoms with E-state index in [-0.39, 0.29) is 5.69 Å². The third kappa shape index (κ3) is 4.33. The maximum atomic E-state index is 12.7. The normalized spacial score (nSPS) is 10.6. The molecule has 3 N–H and O–H groups in total. The van der Waals surface area contributed by atoms with Gasteiger partial charge in [0.05, 0.1) is 5.69 Å². The van der Waals surface area contributed by atoms with Crippen LogP contribution in [0.15, 0.2) is 88.1 Å². The number of carbonyl (C=O) groups is 1. The zero-order valence-electron chi connectivity index (χ0n) is 16.4. The van der Waals surface area contributed by atoms with Gasteiger partial charge in [0.25, 0.3) is 0 Å². The van der Waals surface area contributed by atoms with Gasteiger partial charge >= 0.3 is 11.7 Å². The van der Waals surface area contributed by atoms with Crippen molar-refractivity contribution in [2.45, 2.75) is 13.5 Å². The van der Waals surface area contributed by atoms with Crippen LogP contribution < -0.4 is 21.6 Å². The van der Waals surface area contributed by atoms with E-state index in [1.165, 1.54) is 0 Å². The molecule has 3 aromatic carbocycles. The van der Waals surface area contributed by atoms with Gasteiger partial charge in [0.2, 0.25) is 0 Å². The summed E-state index contributed by atoms with van der Waals surface area (Å²) in [7, 11) is 0. The minimum Gasteiger partial charge on any atom is -0.421 e. The predicted octanol–water partition coefficient (Wildman–Crippen LogP) is 5.36. The number of nitrogens with one attached hydrogen (secondary N) is 3. The number of para-hydroxylation sites is 1. The lowest BCUT2D eigenvalue weighted by molar-refractivity contribution is 0.262. The SMILES string of the molecule is Cc1cccc(NC(=O)Nc2c(NCc3ccccc3)c3ccccc3oc2=O)c1. The molecule has 0 saturated carbocycles. The van der Waals surface area contributed by atoms with Crippen molar-refractivity contribution in [3.63, 3.8) is 0 Å². The van der Waals surface area contributed by atoms with Crippen LogP contribution in [0.3, 0.4) is 0 Å². The van der Waals surface area contributed by atoms with Crippen molar-refractivity contribution >= 4 is 34.1 Å². The van der Waals surface area contributed by atoms with Gasteiger partial charge in [-0.15, -0.1) is 0 Å². The molecule has 0 aliphatic carbocycles. The summed E-state index contributed by atoms with van der Waals surface area (Å²) in [4.78, 5) is 25.2. The summed E-state index contributed by atoms with van der Waals surface area (Å²) < 4.78 is 5.42. The molecule has 4 aromatic rings. The summed E-state index contributed by atoms with van der Waals surface area (Å²) in [5.74, 6) is 0. The third-order valence-electron chi connectivity index (χ3n) is 4.64. The lowest BCUT2D eigenvalue weighted by Gasteiger charge is -2.15. The molecular formula is C24H21N3O3. The van der Waals surface area contributed by atoms with Gasteiger partial charge in [-0.25, -0.2) is 9.59 Å². The third-order valence-corrected chi connectivity index (χ3v) is 4.64. The van der Waals surface area contributed by atoms with E-state index < -0.39 is 11.7 Å². The number of carbonyl (C=O) groups excluding carboxylic acids is 1. The lowest BCUT2D eigenvalue weighted by Crippen LogP contribution is -2.24. The van der Waals surface area contributed by atoms with E-state index in [1.54, 1.807) is 18.2 Å². The van der Waals surface area contributed by atoms with Crippen molar-refractivity contribution in [1.29, 1.82) is 0 Å². The molecule has 0 fully saturated rings. The van der Waals surface area contributed by atoms with Crippen molar-refractivity contribution in [2.75, 3.05) is 16.0 Å². The quantitative estimate of drug-likeness (QED) is 0.395. The van der Waals surface area contributed by atoms with Crippen molar-refractivity contribution in [1.82, 2.24) is 0 Å². The maximum absolute atomic E-state index is 12.7. The number of fused-ring (bicyclic) bond motifs is 1. The van der Waals surface area contributed by atoms with Gasteiger partial charge in [0, 0.05) is 17.6 Å². The Morgan fingerprint density at radius 1 is 0.867 bits per heavy atom. The Morgan fingerprint density at radius 3 is 2.43 bits per heavy atom. The number of benzene rings is 3. The first-order valence-electron chi connectivity index (χ1n) is 9.58. The van der Waals surface area contributed by atoms with Crippen LogP contribution in [0.5, 0.6) is 0 Å². The van der Waals surface area contributed by atoms with Crippen LogP contribution in [0.1, 0.15) is 11.1 Å². The fourth-order valence-corrected chi connectivity index (χ4v) is 3.23. The van der Waals surface area contributed by atoms with E-state index in [0.717, 1.165) is 11.1 Å². The summed E-state index contributed by atoms with van der Waals surface area (Å²) >= 11 is 0. The Hall–Kier alpha value is -4.06. The molecule has 0 radical (unpaired) electrons.